The maximum Gasteiger partial charge on any atom is 0.159 e. The van der Waals surface area contributed by atoms with E-state index in [0.717, 1.165) is 0 Å². The molecular weight excluding hydrogens is 180 g/mol. The summed E-state index contributed by atoms with van der Waals surface area (Å²) in [5.41, 5.74) is 0.589. The van der Waals surface area contributed by atoms with Crippen molar-refractivity contribution in [3.63, 3.8) is 0 Å². The second kappa shape index (κ2) is 4.46. The summed E-state index contributed by atoms with van der Waals surface area (Å²) in [6.07, 6.45) is 0. The fourth-order valence-corrected chi connectivity index (χ4v) is 0.972. The zero-order chi connectivity index (χ0) is 10.6. The summed E-state index contributed by atoms with van der Waals surface area (Å²) in [4.78, 5) is 11.0. The van der Waals surface area contributed by atoms with Crippen molar-refractivity contribution < 1.29 is 14.6 Å². The molecule has 0 spiro atoms. The Morgan fingerprint density at radius 3 is 2.86 bits per heavy atom. The molecule has 1 rings (SSSR count). The van der Waals surface area contributed by atoms with Gasteiger partial charge in [-0.2, -0.15) is 0 Å². The van der Waals surface area contributed by atoms with Gasteiger partial charge < -0.3 is 9.84 Å². The predicted octanol–water partition coefficient (Wildman–Crippen LogP) is 2.34. The molecule has 1 aromatic carbocycles. The summed E-state index contributed by atoms with van der Waals surface area (Å²) in [5, 5.41) is 8.81. The highest BCUT2D eigenvalue weighted by Crippen LogP contribution is 2.13. The average molecular weight is 192 g/mol. The molecule has 0 aliphatic rings. The molecule has 0 aliphatic heterocycles. The van der Waals surface area contributed by atoms with Crippen LogP contribution in [-0.4, -0.2) is 17.5 Å². The van der Waals surface area contributed by atoms with E-state index in [1.807, 2.05) is 0 Å². The van der Waals surface area contributed by atoms with Crippen LogP contribution in [0.3, 0.4) is 0 Å². The smallest absolute Gasteiger partial charge is 0.159 e. The van der Waals surface area contributed by atoms with Crippen LogP contribution in [0, 0.1) is 0 Å². The number of aliphatic hydroxyl groups is 1. The number of Topliss-reactive ketones (excluding diaryl/α,β-unsaturated/α-hetero) is 1. The van der Waals surface area contributed by atoms with Crippen molar-refractivity contribution in [2.75, 3.05) is 6.61 Å². The molecule has 0 aromatic heterocycles. The largest absolute Gasteiger partial charge is 0.509 e. The molecule has 0 bridgehead atoms. The lowest BCUT2D eigenvalue weighted by atomic mass is 10.1. The van der Waals surface area contributed by atoms with Gasteiger partial charge in [0.2, 0.25) is 0 Å². The van der Waals surface area contributed by atoms with Crippen molar-refractivity contribution in [3.8, 4) is 5.75 Å². The Balaban J connectivity index is 2.73. The lowest BCUT2D eigenvalue weighted by Crippen LogP contribution is -2.00. The standard InChI is InChI=1S/C11H12O3/c1-8(12)7-14-11-5-3-4-10(6-11)9(2)13/h3-6,12H,1,7H2,2H3. The van der Waals surface area contributed by atoms with Crippen molar-refractivity contribution in [2.24, 2.45) is 0 Å². The van der Waals surface area contributed by atoms with Crippen LogP contribution < -0.4 is 4.74 Å². The maximum atomic E-state index is 11.0. The minimum absolute atomic E-state index is 0.0155. The molecule has 0 atom stereocenters. The lowest BCUT2D eigenvalue weighted by molar-refractivity contribution is 0.101. The molecule has 0 unspecified atom stereocenters. The number of carbonyl (C=O) groups is 1. The first kappa shape index (κ1) is 10.3. The lowest BCUT2D eigenvalue weighted by Gasteiger charge is -2.05. The van der Waals surface area contributed by atoms with E-state index in [4.69, 9.17) is 9.84 Å². The number of ketones is 1. The highest BCUT2D eigenvalue weighted by atomic mass is 16.5. The Bertz CT molecular complexity index is 355. The van der Waals surface area contributed by atoms with Gasteiger partial charge in [-0.1, -0.05) is 18.7 Å². The van der Waals surface area contributed by atoms with Crippen LogP contribution in [-0.2, 0) is 0 Å². The van der Waals surface area contributed by atoms with Gasteiger partial charge in [-0.05, 0) is 19.1 Å². The Morgan fingerprint density at radius 1 is 1.57 bits per heavy atom. The van der Waals surface area contributed by atoms with Crippen molar-refractivity contribution in [1.82, 2.24) is 0 Å². The number of carbonyl (C=O) groups excluding carboxylic acids is 1. The fraction of sp³-hybridized carbons (Fsp3) is 0.182. The number of benzene rings is 1. The fourth-order valence-electron chi connectivity index (χ4n) is 0.972. The first-order valence-corrected chi connectivity index (χ1v) is 4.20. The second-order valence-corrected chi connectivity index (χ2v) is 2.94. The molecule has 0 aliphatic carbocycles. The molecule has 0 amide bonds. The Morgan fingerprint density at radius 2 is 2.29 bits per heavy atom. The third kappa shape index (κ3) is 2.94. The maximum absolute atomic E-state index is 11.0. The highest BCUT2D eigenvalue weighted by molar-refractivity contribution is 5.94. The normalized spacial score (nSPS) is 9.50. The zero-order valence-electron chi connectivity index (χ0n) is 7.99. The summed E-state index contributed by atoms with van der Waals surface area (Å²) < 4.78 is 5.16. The molecule has 3 nitrogen and oxygen atoms in total. The van der Waals surface area contributed by atoms with E-state index in [9.17, 15) is 4.79 Å². The third-order valence-corrected chi connectivity index (χ3v) is 1.65. The quantitative estimate of drug-likeness (QED) is 0.588. The molecular formula is C11H12O3. The van der Waals surface area contributed by atoms with Crippen LogP contribution >= 0.6 is 0 Å². The average Bonchev–Trinajstić information content (AvgIpc) is 2.15. The van der Waals surface area contributed by atoms with Crippen molar-refractivity contribution in [2.45, 2.75) is 6.92 Å². The zero-order valence-corrected chi connectivity index (χ0v) is 7.99. The second-order valence-electron chi connectivity index (χ2n) is 2.94. The van der Waals surface area contributed by atoms with E-state index in [2.05, 4.69) is 6.58 Å². The van der Waals surface area contributed by atoms with E-state index in [-0.39, 0.29) is 18.1 Å². The number of ether oxygens (including phenoxy) is 1. The summed E-state index contributed by atoms with van der Waals surface area (Å²) in [7, 11) is 0. The minimum Gasteiger partial charge on any atom is -0.509 e. The first-order chi connectivity index (χ1) is 6.59. The minimum atomic E-state index is -0.0433. The van der Waals surface area contributed by atoms with Gasteiger partial charge in [0, 0.05) is 5.56 Å². The monoisotopic (exact) mass is 192 g/mol. The number of hydrogen-bond donors (Lipinski definition) is 1. The Hall–Kier alpha value is -1.77. The van der Waals surface area contributed by atoms with Gasteiger partial charge in [0.1, 0.15) is 18.1 Å². The van der Waals surface area contributed by atoms with Crippen LogP contribution in [0.4, 0.5) is 0 Å². The van der Waals surface area contributed by atoms with Crippen LogP contribution in [0.1, 0.15) is 17.3 Å². The third-order valence-electron chi connectivity index (χ3n) is 1.65. The SMILES string of the molecule is C=C(O)COc1cccc(C(C)=O)c1. The van der Waals surface area contributed by atoms with Crippen molar-refractivity contribution >= 4 is 5.78 Å². The molecule has 1 aromatic rings. The van der Waals surface area contributed by atoms with Gasteiger partial charge in [-0.15, -0.1) is 0 Å². The summed E-state index contributed by atoms with van der Waals surface area (Å²) in [5.74, 6) is 0.490. The van der Waals surface area contributed by atoms with Gasteiger partial charge in [0.15, 0.2) is 5.78 Å². The predicted molar refractivity (Wildman–Crippen MR) is 53.7 cm³/mol. The molecule has 0 saturated carbocycles. The van der Waals surface area contributed by atoms with Gasteiger partial charge in [0.25, 0.3) is 0 Å². The van der Waals surface area contributed by atoms with Crippen LogP contribution in [0.5, 0.6) is 5.75 Å². The molecule has 0 heterocycles. The number of rotatable bonds is 4. The van der Waals surface area contributed by atoms with Crippen molar-refractivity contribution in [1.29, 1.82) is 0 Å². The van der Waals surface area contributed by atoms with Gasteiger partial charge in [0.05, 0.1) is 0 Å². The molecule has 14 heavy (non-hydrogen) atoms. The van der Waals surface area contributed by atoms with Gasteiger partial charge in [-0.3, -0.25) is 4.79 Å². The van der Waals surface area contributed by atoms with Crippen LogP contribution in [0.2, 0.25) is 0 Å². The molecule has 74 valence electrons. The molecule has 0 fully saturated rings. The van der Waals surface area contributed by atoms with Crippen molar-refractivity contribution in [3.05, 3.63) is 42.2 Å². The molecule has 0 saturated heterocycles. The van der Waals surface area contributed by atoms with E-state index >= 15 is 0 Å². The van der Waals surface area contributed by atoms with Gasteiger partial charge in [-0.25, -0.2) is 0 Å². The molecule has 3 heteroatoms. The van der Waals surface area contributed by atoms with E-state index in [1.54, 1.807) is 24.3 Å². The van der Waals surface area contributed by atoms with E-state index in [0.29, 0.717) is 11.3 Å². The van der Waals surface area contributed by atoms with Gasteiger partial charge >= 0.3 is 0 Å². The van der Waals surface area contributed by atoms with Crippen LogP contribution in [0.15, 0.2) is 36.6 Å². The van der Waals surface area contributed by atoms with Crippen LogP contribution in [0.25, 0.3) is 0 Å². The Kier molecular flexibility index (Phi) is 3.29. The van der Waals surface area contributed by atoms with E-state index < -0.39 is 0 Å². The first-order valence-electron chi connectivity index (χ1n) is 4.20. The Labute approximate surface area is 82.6 Å². The number of aliphatic hydroxyl groups excluding tert-OH is 1. The summed E-state index contributed by atoms with van der Waals surface area (Å²) in [6, 6.07) is 6.79. The molecule has 1 N–H and O–H groups in total. The molecule has 0 radical (unpaired) electrons. The summed E-state index contributed by atoms with van der Waals surface area (Å²) >= 11 is 0. The topological polar surface area (TPSA) is 46.5 Å². The summed E-state index contributed by atoms with van der Waals surface area (Å²) in [6.45, 7) is 4.82. The number of hydrogen-bond acceptors (Lipinski definition) is 3. The highest BCUT2D eigenvalue weighted by Gasteiger charge is 2.01. The van der Waals surface area contributed by atoms with E-state index in [1.165, 1.54) is 6.92 Å².